The number of para-hydroxylation sites is 1. The van der Waals surface area contributed by atoms with E-state index in [9.17, 15) is 24.3 Å². The molecule has 13 nitrogen and oxygen atoms in total. The van der Waals surface area contributed by atoms with Crippen LogP contribution in [0.1, 0.15) is 52.5 Å². The van der Waals surface area contributed by atoms with Crippen molar-refractivity contribution in [2.75, 3.05) is 6.54 Å². The van der Waals surface area contributed by atoms with E-state index < -0.39 is 47.9 Å². The number of nitrogens with one attached hydrogen (secondary N) is 4. The van der Waals surface area contributed by atoms with Crippen LogP contribution in [0.2, 0.25) is 0 Å². The number of aromatic nitrogens is 1. The van der Waals surface area contributed by atoms with Crippen LogP contribution in [-0.4, -0.2) is 70.5 Å². The Morgan fingerprint density at radius 1 is 0.976 bits per heavy atom. The summed E-state index contributed by atoms with van der Waals surface area (Å²) in [6, 6.07) is 3.52. The second kappa shape index (κ2) is 15.6. The molecular weight excluding hydrogens is 528 g/mol. The number of carbonyl (C=O) groups excluding carboxylic acids is 3. The first-order valence-electron chi connectivity index (χ1n) is 13.9. The molecule has 226 valence electrons. The fourth-order valence-corrected chi connectivity index (χ4v) is 4.40. The third kappa shape index (κ3) is 9.78. The van der Waals surface area contributed by atoms with E-state index >= 15 is 0 Å². The Labute approximate surface area is 240 Å². The maximum Gasteiger partial charge on any atom is 0.326 e. The lowest BCUT2D eigenvalue weighted by Gasteiger charge is -2.28. The first-order chi connectivity index (χ1) is 19.3. The second-order valence-corrected chi connectivity index (χ2v) is 10.6. The minimum absolute atomic E-state index is 0.0957. The average Bonchev–Trinajstić information content (AvgIpc) is 3.33. The topological polar surface area (TPSA) is 231 Å². The Bertz CT molecular complexity index is 1220. The van der Waals surface area contributed by atoms with Gasteiger partial charge in [0.15, 0.2) is 5.96 Å². The van der Waals surface area contributed by atoms with Crippen LogP contribution >= 0.6 is 0 Å². The summed E-state index contributed by atoms with van der Waals surface area (Å²) in [5.74, 6) is -3.70. The standard InChI is InChI=1S/C28H44N8O5/c1-5-16(4)23(27(40)41)36-26(39)22(15(2)3)35-25(38)21(11-8-12-32-28(30)31)34-24(37)19(29)13-17-14-33-20-10-7-6-9-18(17)20/h6-7,9-10,14-16,19,21-23,33H,5,8,11-13,29H2,1-4H3,(H,34,37)(H,35,38)(H,36,39)(H,40,41)(H4,30,31,32). The number of hydrogen-bond donors (Lipinski definition) is 8. The van der Waals surface area contributed by atoms with Gasteiger partial charge in [0.1, 0.15) is 18.1 Å². The maximum absolute atomic E-state index is 13.4. The predicted molar refractivity (Wildman–Crippen MR) is 158 cm³/mol. The predicted octanol–water partition coefficient (Wildman–Crippen LogP) is 0.332. The van der Waals surface area contributed by atoms with E-state index in [1.165, 1.54) is 0 Å². The van der Waals surface area contributed by atoms with Crippen LogP contribution in [0, 0.1) is 11.8 Å². The van der Waals surface area contributed by atoms with Gasteiger partial charge in [-0.1, -0.05) is 52.3 Å². The summed E-state index contributed by atoms with van der Waals surface area (Å²) in [6.07, 6.45) is 3.11. The van der Waals surface area contributed by atoms with Crippen molar-refractivity contribution in [3.8, 4) is 0 Å². The Morgan fingerprint density at radius 3 is 2.24 bits per heavy atom. The van der Waals surface area contributed by atoms with Crippen LogP contribution in [0.4, 0.5) is 0 Å². The highest BCUT2D eigenvalue weighted by Gasteiger charge is 2.33. The van der Waals surface area contributed by atoms with Gasteiger partial charge in [-0.25, -0.2) is 4.79 Å². The number of carboxylic acids is 1. The molecule has 3 amide bonds. The Kier molecular flexibility index (Phi) is 12.6. The van der Waals surface area contributed by atoms with Crippen LogP contribution in [0.15, 0.2) is 35.5 Å². The summed E-state index contributed by atoms with van der Waals surface area (Å²) in [7, 11) is 0. The molecule has 0 saturated heterocycles. The van der Waals surface area contributed by atoms with Gasteiger partial charge in [0.05, 0.1) is 6.04 Å². The zero-order valence-electron chi connectivity index (χ0n) is 24.1. The van der Waals surface area contributed by atoms with Gasteiger partial charge >= 0.3 is 5.97 Å². The van der Waals surface area contributed by atoms with Crippen LogP contribution in [0.25, 0.3) is 10.9 Å². The summed E-state index contributed by atoms with van der Waals surface area (Å²) in [4.78, 5) is 58.4. The highest BCUT2D eigenvalue weighted by Crippen LogP contribution is 2.19. The van der Waals surface area contributed by atoms with Crippen molar-refractivity contribution in [3.63, 3.8) is 0 Å². The van der Waals surface area contributed by atoms with Gasteiger partial charge < -0.3 is 43.2 Å². The SMILES string of the molecule is CCC(C)C(NC(=O)C(NC(=O)C(CCCN=C(N)N)NC(=O)C(N)Cc1c[nH]c2ccccc12)C(C)C)C(=O)O. The molecule has 0 aliphatic heterocycles. The number of aliphatic carboxylic acids is 1. The minimum Gasteiger partial charge on any atom is -0.480 e. The first kappa shape index (κ1) is 33.1. The molecule has 0 saturated carbocycles. The summed E-state index contributed by atoms with van der Waals surface area (Å²) in [5, 5.41) is 18.5. The van der Waals surface area contributed by atoms with Crippen molar-refractivity contribution in [2.24, 2.45) is 34.0 Å². The molecule has 1 heterocycles. The third-order valence-corrected chi connectivity index (χ3v) is 7.05. The number of nitrogens with two attached hydrogens (primary N) is 3. The number of benzene rings is 1. The largest absolute Gasteiger partial charge is 0.480 e. The van der Waals surface area contributed by atoms with Crippen LogP contribution < -0.4 is 33.2 Å². The van der Waals surface area contributed by atoms with Gasteiger partial charge in [-0.05, 0) is 42.7 Å². The van der Waals surface area contributed by atoms with Crippen molar-refractivity contribution in [1.29, 1.82) is 0 Å². The molecule has 0 spiro atoms. The van der Waals surface area contributed by atoms with E-state index in [-0.39, 0.29) is 37.2 Å². The fraction of sp³-hybridized carbons (Fsp3) is 0.536. The molecule has 2 aromatic rings. The molecule has 0 radical (unpaired) electrons. The molecule has 41 heavy (non-hydrogen) atoms. The smallest absolute Gasteiger partial charge is 0.326 e. The summed E-state index contributed by atoms with van der Waals surface area (Å²) >= 11 is 0. The lowest BCUT2D eigenvalue weighted by Crippen LogP contribution is -2.59. The Balaban J connectivity index is 2.17. The van der Waals surface area contributed by atoms with Crippen LogP contribution in [0.5, 0.6) is 0 Å². The van der Waals surface area contributed by atoms with E-state index in [0.29, 0.717) is 12.8 Å². The number of amides is 3. The number of H-pyrrole nitrogens is 1. The molecule has 0 aliphatic rings. The average molecular weight is 573 g/mol. The minimum atomic E-state index is -1.16. The van der Waals surface area contributed by atoms with Gasteiger partial charge in [-0.2, -0.15) is 0 Å². The molecule has 5 atom stereocenters. The summed E-state index contributed by atoms with van der Waals surface area (Å²) in [6.45, 7) is 7.24. The highest BCUT2D eigenvalue weighted by molar-refractivity contribution is 5.94. The number of fused-ring (bicyclic) bond motifs is 1. The van der Waals surface area contributed by atoms with Crippen molar-refractivity contribution in [2.45, 2.75) is 77.5 Å². The van der Waals surface area contributed by atoms with Crippen molar-refractivity contribution < 1.29 is 24.3 Å². The fourth-order valence-electron chi connectivity index (χ4n) is 4.40. The van der Waals surface area contributed by atoms with E-state index in [1.54, 1.807) is 27.0 Å². The van der Waals surface area contributed by atoms with E-state index in [4.69, 9.17) is 17.2 Å². The number of carbonyl (C=O) groups is 4. The molecule has 0 bridgehead atoms. The van der Waals surface area contributed by atoms with Crippen molar-refractivity contribution >= 4 is 40.6 Å². The number of aliphatic imine (C=N–C) groups is 1. The quantitative estimate of drug-likeness (QED) is 0.0791. The van der Waals surface area contributed by atoms with Crippen LogP contribution in [0.3, 0.4) is 0 Å². The molecule has 13 heteroatoms. The number of guanidine groups is 1. The number of rotatable bonds is 16. The van der Waals surface area contributed by atoms with Gasteiger partial charge in [-0.3, -0.25) is 19.4 Å². The molecule has 5 unspecified atom stereocenters. The van der Waals surface area contributed by atoms with Gasteiger partial charge in [-0.15, -0.1) is 0 Å². The Morgan fingerprint density at radius 2 is 1.63 bits per heavy atom. The Hall–Kier alpha value is -4.13. The van der Waals surface area contributed by atoms with Crippen molar-refractivity contribution in [3.05, 3.63) is 36.0 Å². The maximum atomic E-state index is 13.4. The lowest BCUT2D eigenvalue weighted by molar-refractivity contribution is -0.144. The number of aromatic amines is 1. The summed E-state index contributed by atoms with van der Waals surface area (Å²) < 4.78 is 0. The zero-order valence-corrected chi connectivity index (χ0v) is 24.1. The first-order valence-corrected chi connectivity index (χ1v) is 13.9. The molecule has 11 N–H and O–H groups in total. The van der Waals surface area contributed by atoms with Gasteiger partial charge in [0.2, 0.25) is 17.7 Å². The highest BCUT2D eigenvalue weighted by atomic mass is 16.4. The normalized spacial score (nSPS) is 14.9. The zero-order chi connectivity index (χ0) is 30.7. The molecule has 1 aromatic carbocycles. The van der Waals surface area contributed by atoms with Crippen LogP contribution in [-0.2, 0) is 25.6 Å². The third-order valence-electron chi connectivity index (χ3n) is 7.05. The molecule has 2 rings (SSSR count). The molecule has 0 aliphatic carbocycles. The van der Waals surface area contributed by atoms with Gasteiger partial charge in [0, 0.05) is 23.6 Å². The summed E-state index contributed by atoms with van der Waals surface area (Å²) in [5.41, 5.74) is 18.8. The van der Waals surface area contributed by atoms with Gasteiger partial charge in [0.25, 0.3) is 0 Å². The molecule has 1 aromatic heterocycles. The van der Waals surface area contributed by atoms with E-state index in [2.05, 4.69) is 25.9 Å². The number of nitrogens with zero attached hydrogens (tertiary/aromatic N) is 1. The number of hydrogen-bond acceptors (Lipinski definition) is 6. The lowest BCUT2D eigenvalue weighted by atomic mass is 9.97. The number of carboxylic acid groups (broad SMARTS) is 1. The molecule has 0 fully saturated rings. The molecular formula is C28H44N8O5. The van der Waals surface area contributed by atoms with E-state index in [1.807, 2.05) is 31.2 Å². The second-order valence-electron chi connectivity index (χ2n) is 10.6. The monoisotopic (exact) mass is 572 g/mol. The van der Waals surface area contributed by atoms with E-state index in [0.717, 1.165) is 16.5 Å². The van der Waals surface area contributed by atoms with Crippen molar-refractivity contribution in [1.82, 2.24) is 20.9 Å².